The molecule has 0 amide bonds. The van der Waals surface area contributed by atoms with Crippen LogP contribution in [-0.4, -0.2) is 40.8 Å². The molecule has 6 nitrogen and oxygen atoms in total. The van der Waals surface area contributed by atoms with E-state index in [-0.39, 0.29) is 24.1 Å². The molecule has 0 radical (unpaired) electrons. The summed E-state index contributed by atoms with van der Waals surface area (Å²) in [7, 11) is 0. The van der Waals surface area contributed by atoms with Crippen molar-refractivity contribution in [2.75, 3.05) is 0 Å². The number of aliphatic hydroxyl groups is 1. The van der Waals surface area contributed by atoms with Gasteiger partial charge < -0.3 is 24.4 Å². The van der Waals surface area contributed by atoms with E-state index in [9.17, 15) is 10.2 Å². The van der Waals surface area contributed by atoms with E-state index in [2.05, 4.69) is 0 Å². The Kier molecular flexibility index (Phi) is 10.5. The number of benzene rings is 4. The van der Waals surface area contributed by atoms with Crippen molar-refractivity contribution in [3.05, 3.63) is 119 Å². The maximum Gasteiger partial charge on any atom is 0.144 e. The summed E-state index contributed by atoms with van der Waals surface area (Å²) in [6.45, 7) is 11.8. The lowest BCUT2D eigenvalue weighted by Crippen LogP contribution is -2.42. The Morgan fingerprint density at radius 3 is 1.65 bits per heavy atom. The molecule has 0 spiro atoms. The van der Waals surface area contributed by atoms with Crippen LogP contribution in [0.3, 0.4) is 0 Å². The third kappa shape index (κ3) is 7.96. The molecule has 0 aliphatic rings. The molecule has 0 aromatic heterocycles. The SMILES string of the molecule is CC(C)Oc1ccc(CC(N=Cc2ccccc2O)C(O)(c2ccccc2OC(C)C)c2ccccc2OC(C)C)cc1. The highest BCUT2D eigenvalue weighted by Gasteiger charge is 2.44. The molecule has 4 aromatic rings. The molecule has 0 saturated heterocycles. The first-order valence-corrected chi connectivity index (χ1v) is 14.9. The molecule has 1 unspecified atom stereocenters. The molecule has 1 atom stereocenters. The summed E-state index contributed by atoms with van der Waals surface area (Å²) in [5.74, 6) is 2.00. The highest BCUT2D eigenvalue weighted by Crippen LogP contribution is 2.45. The highest BCUT2D eigenvalue weighted by atomic mass is 16.5. The van der Waals surface area contributed by atoms with Gasteiger partial charge in [0.1, 0.15) is 28.6 Å². The zero-order valence-corrected chi connectivity index (χ0v) is 25.9. The number of hydrogen-bond acceptors (Lipinski definition) is 6. The Labute approximate surface area is 255 Å². The van der Waals surface area contributed by atoms with Gasteiger partial charge in [-0.1, -0.05) is 60.7 Å². The number of para-hydroxylation sites is 3. The minimum atomic E-state index is -1.69. The summed E-state index contributed by atoms with van der Waals surface area (Å²) >= 11 is 0. The van der Waals surface area contributed by atoms with Gasteiger partial charge in [0.2, 0.25) is 0 Å². The molecule has 0 aliphatic carbocycles. The van der Waals surface area contributed by atoms with E-state index < -0.39 is 11.6 Å². The largest absolute Gasteiger partial charge is 0.507 e. The van der Waals surface area contributed by atoms with E-state index in [4.69, 9.17) is 19.2 Å². The summed E-state index contributed by atoms with van der Waals surface area (Å²) in [5, 5.41) is 23.8. The van der Waals surface area contributed by atoms with Gasteiger partial charge in [-0.2, -0.15) is 0 Å². The fourth-order valence-corrected chi connectivity index (χ4v) is 5.06. The molecule has 2 N–H and O–H groups in total. The van der Waals surface area contributed by atoms with Crippen molar-refractivity contribution in [2.24, 2.45) is 4.99 Å². The van der Waals surface area contributed by atoms with Gasteiger partial charge in [0, 0.05) is 22.9 Å². The van der Waals surface area contributed by atoms with Gasteiger partial charge in [-0.25, -0.2) is 0 Å². The van der Waals surface area contributed by atoms with Crippen molar-refractivity contribution >= 4 is 6.21 Å². The first-order chi connectivity index (χ1) is 20.6. The van der Waals surface area contributed by atoms with Crippen molar-refractivity contribution in [1.29, 1.82) is 0 Å². The Hall–Kier alpha value is -4.29. The van der Waals surface area contributed by atoms with Crippen molar-refractivity contribution in [3.63, 3.8) is 0 Å². The van der Waals surface area contributed by atoms with Gasteiger partial charge in [0.05, 0.1) is 24.4 Å². The molecule has 0 heterocycles. The van der Waals surface area contributed by atoms with Crippen LogP contribution >= 0.6 is 0 Å². The van der Waals surface area contributed by atoms with Crippen molar-refractivity contribution in [2.45, 2.75) is 77.9 Å². The fraction of sp³-hybridized carbons (Fsp3) is 0.324. The second kappa shape index (κ2) is 14.3. The van der Waals surface area contributed by atoms with Gasteiger partial charge >= 0.3 is 0 Å². The fourth-order valence-electron chi connectivity index (χ4n) is 5.06. The van der Waals surface area contributed by atoms with Crippen LogP contribution in [0.1, 0.15) is 63.8 Å². The van der Waals surface area contributed by atoms with Crippen molar-refractivity contribution in [3.8, 4) is 23.0 Å². The topological polar surface area (TPSA) is 80.5 Å². The predicted molar refractivity (Wildman–Crippen MR) is 173 cm³/mol. The van der Waals surface area contributed by atoms with Gasteiger partial charge in [-0.15, -0.1) is 0 Å². The van der Waals surface area contributed by atoms with Crippen LogP contribution < -0.4 is 14.2 Å². The molecular weight excluding hydrogens is 538 g/mol. The molecule has 226 valence electrons. The Balaban J connectivity index is 1.95. The maximum atomic E-state index is 13.2. The quantitative estimate of drug-likeness (QED) is 0.158. The highest BCUT2D eigenvalue weighted by molar-refractivity contribution is 5.83. The van der Waals surface area contributed by atoms with Gasteiger partial charge in [-0.05, 0) is 89.9 Å². The van der Waals surface area contributed by atoms with Gasteiger partial charge in [0.15, 0.2) is 0 Å². The third-order valence-electron chi connectivity index (χ3n) is 6.86. The second-order valence-electron chi connectivity index (χ2n) is 11.5. The van der Waals surface area contributed by atoms with E-state index in [0.717, 1.165) is 11.3 Å². The summed E-state index contributed by atoms with van der Waals surface area (Å²) in [5.41, 5.74) is 0.961. The molecule has 6 heteroatoms. The summed E-state index contributed by atoms with van der Waals surface area (Å²) < 4.78 is 18.4. The molecule has 4 rings (SSSR count). The summed E-state index contributed by atoms with van der Waals surface area (Å²) in [4.78, 5) is 5.01. The van der Waals surface area contributed by atoms with Crippen LogP contribution in [0.15, 0.2) is 102 Å². The zero-order valence-electron chi connectivity index (χ0n) is 25.9. The van der Waals surface area contributed by atoms with Crippen LogP contribution in [0.25, 0.3) is 0 Å². The number of ether oxygens (including phenoxy) is 3. The van der Waals surface area contributed by atoms with E-state index in [0.29, 0.717) is 34.6 Å². The van der Waals surface area contributed by atoms with Crippen molar-refractivity contribution in [1.82, 2.24) is 0 Å². The Morgan fingerprint density at radius 2 is 1.14 bits per heavy atom. The molecule has 0 saturated carbocycles. The minimum absolute atomic E-state index is 0.0572. The maximum absolute atomic E-state index is 13.2. The Bertz CT molecular complexity index is 1440. The zero-order chi connectivity index (χ0) is 31.0. The average molecular weight is 582 g/mol. The number of aliphatic imine (C=N–C) groups is 1. The van der Waals surface area contributed by atoms with Gasteiger partial charge in [-0.3, -0.25) is 4.99 Å². The lowest BCUT2D eigenvalue weighted by Gasteiger charge is -2.37. The smallest absolute Gasteiger partial charge is 0.144 e. The Morgan fingerprint density at radius 1 is 0.651 bits per heavy atom. The first kappa shape index (κ1) is 31.6. The molecular formula is C37H43NO5. The molecule has 43 heavy (non-hydrogen) atoms. The number of phenols is 1. The van der Waals surface area contributed by atoms with Crippen LogP contribution in [-0.2, 0) is 12.0 Å². The number of hydrogen-bond donors (Lipinski definition) is 2. The van der Waals surface area contributed by atoms with Crippen LogP contribution in [0.5, 0.6) is 23.0 Å². The monoisotopic (exact) mass is 581 g/mol. The van der Waals surface area contributed by atoms with Crippen LogP contribution in [0.2, 0.25) is 0 Å². The average Bonchev–Trinajstić information content (AvgIpc) is 2.96. The van der Waals surface area contributed by atoms with E-state index in [1.807, 2.05) is 120 Å². The summed E-state index contributed by atoms with van der Waals surface area (Å²) in [6.07, 6.45) is 1.81. The third-order valence-corrected chi connectivity index (χ3v) is 6.86. The normalized spacial score (nSPS) is 12.7. The molecule has 0 aliphatic heterocycles. The molecule has 0 fully saturated rings. The van der Waals surface area contributed by atoms with E-state index in [1.54, 1.807) is 24.4 Å². The van der Waals surface area contributed by atoms with Crippen molar-refractivity contribution < 1.29 is 24.4 Å². The molecule has 0 bridgehead atoms. The lowest BCUT2D eigenvalue weighted by molar-refractivity contribution is 0.0443. The van der Waals surface area contributed by atoms with E-state index in [1.165, 1.54) is 0 Å². The second-order valence-corrected chi connectivity index (χ2v) is 11.5. The predicted octanol–water partition coefficient (Wildman–Crippen LogP) is 7.72. The van der Waals surface area contributed by atoms with Crippen LogP contribution in [0, 0.1) is 0 Å². The van der Waals surface area contributed by atoms with Crippen LogP contribution in [0.4, 0.5) is 0 Å². The molecule has 4 aromatic carbocycles. The minimum Gasteiger partial charge on any atom is -0.507 e. The standard InChI is InChI=1S/C37H43NO5/c1-25(2)41-30-21-19-28(20-22-30)23-36(38-24-29-13-7-10-16-33(29)39)37(40,31-14-8-11-17-34(31)42-26(3)4)32-15-9-12-18-35(32)43-27(5)6/h7-22,24-27,36,39-40H,23H2,1-6H3. The number of phenolic OH excluding ortho intramolecular Hbond substituents is 1. The number of nitrogens with zero attached hydrogens (tertiary/aromatic N) is 1. The number of aromatic hydroxyl groups is 1. The van der Waals surface area contributed by atoms with E-state index >= 15 is 0 Å². The summed E-state index contributed by atoms with van der Waals surface area (Å²) in [6, 6.07) is 29.2. The first-order valence-electron chi connectivity index (χ1n) is 14.9. The van der Waals surface area contributed by atoms with Gasteiger partial charge in [0.25, 0.3) is 0 Å². The lowest BCUT2D eigenvalue weighted by atomic mass is 9.77. The number of rotatable bonds is 13.